The molecule has 0 unspecified atom stereocenters. The maximum Gasteiger partial charge on any atom is 0.420 e. The van der Waals surface area contributed by atoms with E-state index in [1.165, 1.54) is 0 Å². The Labute approximate surface area is 98.2 Å². The van der Waals surface area contributed by atoms with E-state index in [1.54, 1.807) is 29.5 Å². The molecule has 1 aromatic carbocycles. The maximum absolute atomic E-state index is 12.4. The van der Waals surface area contributed by atoms with E-state index in [1.807, 2.05) is 0 Å². The zero-order valence-electron chi connectivity index (χ0n) is 7.73. The molecule has 0 saturated heterocycles. The van der Waals surface area contributed by atoms with Gasteiger partial charge in [-0.15, -0.1) is 0 Å². The quantitative estimate of drug-likeness (QED) is 0.841. The number of rotatable bonds is 2. The molecule has 0 fully saturated rings. The van der Waals surface area contributed by atoms with Crippen LogP contribution in [0.2, 0.25) is 0 Å². The summed E-state index contributed by atoms with van der Waals surface area (Å²) in [5.74, 6) is -0.654. The minimum Gasteiger partial charge on any atom is -0.507 e. The molecular formula is C9H8F3IO2. The molecule has 0 heterocycles. The van der Waals surface area contributed by atoms with Crippen molar-refractivity contribution in [2.75, 3.05) is 6.61 Å². The summed E-state index contributed by atoms with van der Waals surface area (Å²) >= 11 is 1.80. The number of halogens is 4. The Morgan fingerprint density at radius 2 is 2.00 bits per heavy atom. The van der Waals surface area contributed by atoms with E-state index in [4.69, 9.17) is 9.84 Å². The van der Waals surface area contributed by atoms with Gasteiger partial charge in [-0.2, -0.15) is 13.2 Å². The molecule has 0 atom stereocenters. The van der Waals surface area contributed by atoms with Crippen LogP contribution in [-0.2, 0) is 6.18 Å². The summed E-state index contributed by atoms with van der Waals surface area (Å²) in [6.07, 6.45) is -4.57. The van der Waals surface area contributed by atoms with Crippen LogP contribution in [0.3, 0.4) is 0 Å². The first-order valence-corrected chi connectivity index (χ1v) is 5.16. The molecule has 6 heteroatoms. The highest BCUT2D eigenvalue weighted by Crippen LogP contribution is 2.39. The number of benzene rings is 1. The van der Waals surface area contributed by atoms with Crippen LogP contribution in [0.1, 0.15) is 12.5 Å². The van der Waals surface area contributed by atoms with E-state index in [2.05, 4.69) is 0 Å². The number of hydrogen-bond donors (Lipinski definition) is 1. The molecule has 1 rings (SSSR count). The van der Waals surface area contributed by atoms with Crippen molar-refractivity contribution in [3.8, 4) is 11.5 Å². The Balaban J connectivity index is 3.23. The third kappa shape index (κ3) is 2.90. The molecule has 1 N–H and O–H groups in total. The standard InChI is InChI=1S/C9H8F3IO2/c1-2-15-8-3-5(9(10,11)12)7(14)4-6(8)13/h3-4,14H,2H2,1H3. The van der Waals surface area contributed by atoms with Crippen molar-refractivity contribution in [2.45, 2.75) is 13.1 Å². The third-order valence-corrected chi connectivity index (χ3v) is 2.50. The van der Waals surface area contributed by atoms with E-state index in [-0.39, 0.29) is 12.4 Å². The van der Waals surface area contributed by atoms with Crippen molar-refractivity contribution in [3.05, 3.63) is 21.3 Å². The van der Waals surface area contributed by atoms with E-state index in [0.717, 1.165) is 12.1 Å². The van der Waals surface area contributed by atoms with Gasteiger partial charge >= 0.3 is 6.18 Å². The van der Waals surface area contributed by atoms with Crippen LogP contribution < -0.4 is 4.74 Å². The number of phenolic OH excluding ortho intramolecular Hbond substituents is 1. The van der Waals surface area contributed by atoms with Crippen molar-refractivity contribution < 1.29 is 23.0 Å². The third-order valence-electron chi connectivity index (χ3n) is 1.66. The molecule has 15 heavy (non-hydrogen) atoms. The summed E-state index contributed by atoms with van der Waals surface area (Å²) in [4.78, 5) is 0. The summed E-state index contributed by atoms with van der Waals surface area (Å²) in [6.45, 7) is 1.95. The first kappa shape index (κ1) is 12.4. The van der Waals surface area contributed by atoms with Gasteiger partial charge in [-0.05, 0) is 41.6 Å². The van der Waals surface area contributed by atoms with Gasteiger partial charge in [-0.1, -0.05) is 0 Å². The number of ether oxygens (including phenoxy) is 1. The second kappa shape index (κ2) is 4.46. The molecule has 0 radical (unpaired) electrons. The van der Waals surface area contributed by atoms with Crippen LogP contribution in [0.15, 0.2) is 12.1 Å². The normalized spacial score (nSPS) is 11.5. The molecule has 0 aliphatic carbocycles. The molecular weight excluding hydrogens is 324 g/mol. The molecule has 1 aromatic rings. The second-order valence-corrected chi connectivity index (χ2v) is 3.89. The summed E-state index contributed by atoms with van der Waals surface area (Å²) in [5.41, 5.74) is -1.08. The number of aromatic hydroxyl groups is 1. The molecule has 2 nitrogen and oxygen atoms in total. The molecule has 0 aliphatic rings. The number of alkyl halides is 3. The predicted octanol–water partition coefficient (Wildman–Crippen LogP) is 3.41. The number of hydrogen-bond acceptors (Lipinski definition) is 2. The lowest BCUT2D eigenvalue weighted by Crippen LogP contribution is -2.06. The number of phenols is 1. The Bertz CT molecular complexity index is 363. The van der Waals surface area contributed by atoms with Gasteiger partial charge in [0.05, 0.1) is 10.2 Å². The summed E-state index contributed by atoms with van der Waals surface area (Å²) in [6, 6.07) is 1.84. The van der Waals surface area contributed by atoms with Crippen LogP contribution in [0, 0.1) is 3.57 Å². The summed E-state index contributed by atoms with van der Waals surface area (Å²) in [5, 5.41) is 9.14. The van der Waals surface area contributed by atoms with Crippen molar-refractivity contribution in [1.82, 2.24) is 0 Å². The molecule has 0 saturated carbocycles. The Morgan fingerprint density at radius 1 is 1.40 bits per heavy atom. The molecule has 0 aromatic heterocycles. The fourth-order valence-corrected chi connectivity index (χ4v) is 1.64. The van der Waals surface area contributed by atoms with Gasteiger partial charge in [-0.3, -0.25) is 0 Å². The largest absolute Gasteiger partial charge is 0.507 e. The van der Waals surface area contributed by atoms with Crippen LogP contribution in [0.25, 0.3) is 0 Å². The molecule has 0 spiro atoms. The lowest BCUT2D eigenvalue weighted by atomic mass is 10.2. The lowest BCUT2D eigenvalue weighted by molar-refractivity contribution is -0.138. The van der Waals surface area contributed by atoms with Gasteiger partial charge in [0.1, 0.15) is 17.1 Å². The van der Waals surface area contributed by atoms with E-state index >= 15 is 0 Å². The molecule has 0 aliphatic heterocycles. The SMILES string of the molecule is CCOc1cc(C(F)(F)F)c(O)cc1I. The first-order valence-electron chi connectivity index (χ1n) is 4.08. The van der Waals surface area contributed by atoms with Gasteiger partial charge in [-0.25, -0.2) is 0 Å². The summed E-state index contributed by atoms with van der Waals surface area (Å²) < 4.78 is 42.6. The minimum atomic E-state index is -4.57. The Kier molecular flexibility index (Phi) is 3.69. The smallest absolute Gasteiger partial charge is 0.420 e. The van der Waals surface area contributed by atoms with Crippen LogP contribution >= 0.6 is 22.6 Å². The van der Waals surface area contributed by atoms with Crippen molar-refractivity contribution in [2.24, 2.45) is 0 Å². The van der Waals surface area contributed by atoms with Crippen molar-refractivity contribution in [1.29, 1.82) is 0 Å². The van der Waals surface area contributed by atoms with Crippen molar-refractivity contribution >= 4 is 22.6 Å². The molecule has 0 amide bonds. The van der Waals surface area contributed by atoms with Crippen molar-refractivity contribution in [3.63, 3.8) is 0 Å². The topological polar surface area (TPSA) is 29.5 Å². The summed E-state index contributed by atoms with van der Waals surface area (Å²) in [7, 11) is 0. The highest BCUT2D eigenvalue weighted by Gasteiger charge is 2.34. The van der Waals surface area contributed by atoms with E-state index in [0.29, 0.717) is 3.57 Å². The predicted molar refractivity (Wildman–Crippen MR) is 57.0 cm³/mol. The zero-order valence-corrected chi connectivity index (χ0v) is 9.89. The van der Waals surface area contributed by atoms with Crippen LogP contribution in [-0.4, -0.2) is 11.7 Å². The van der Waals surface area contributed by atoms with Gasteiger partial charge in [0.2, 0.25) is 0 Å². The monoisotopic (exact) mass is 332 g/mol. The molecule has 84 valence electrons. The fourth-order valence-electron chi connectivity index (χ4n) is 1.04. The molecule has 0 bridgehead atoms. The zero-order chi connectivity index (χ0) is 11.6. The van der Waals surface area contributed by atoms with E-state index in [9.17, 15) is 13.2 Å². The highest BCUT2D eigenvalue weighted by molar-refractivity contribution is 14.1. The second-order valence-electron chi connectivity index (χ2n) is 2.73. The highest BCUT2D eigenvalue weighted by atomic mass is 127. The minimum absolute atomic E-state index is 0.128. The average Bonchev–Trinajstić information content (AvgIpc) is 2.07. The first-order chi connectivity index (χ1) is 6.86. The average molecular weight is 332 g/mol. The maximum atomic E-state index is 12.4. The van der Waals surface area contributed by atoms with E-state index < -0.39 is 17.5 Å². The van der Waals surface area contributed by atoms with Crippen LogP contribution in [0.5, 0.6) is 11.5 Å². The van der Waals surface area contributed by atoms with Gasteiger partial charge in [0, 0.05) is 0 Å². The van der Waals surface area contributed by atoms with Crippen LogP contribution in [0.4, 0.5) is 13.2 Å². The fraction of sp³-hybridized carbons (Fsp3) is 0.333. The van der Waals surface area contributed by atoms with Gasteiger partial charge in [0.15, 0.2) is 0 Å². The van der Waals surface area contributed by atoms with Gasteiger partial charge < -0.3 is 9.84 Å². The lowest BCUT2D eigenvalue weighted by Gasteiger charge is -2.12. The van der Waals surface area contributed by atoms with Gasteiger partial charge in [0.25, 0.3) is 0 Å². The Hall–Kier alpha value is -0.660. The Morgan fingerprint density at radius 3 is 2.47 bits per heavy atom.